The second-order valence-corrected chi connectivity index (χ2v) is 7.02. The van der Waals surface area contributed by atoms with Crippen molar-refractivity contribution in [2.24, 2.45) is 0 Å². The van der Waals surface area contributed by atoms with Crippen LogP contribution in [0.3, 0.4) is 0 Å². The van der Waals surface area contributed by atoms with Crippen molar-refractivity contribution in [2.45, 2.75) is 25.4 Å². The number of carbonyl (C=O) groups is 2. The van der Waals surface area contributed by atoms with Gasteiger partial charge in [0.1, 0.15) is 6.10 Å². The molecule has 2 amide bonds. The van der Waals surface area contributed by atoms with E-state index in [-0.39, 0.29) is 17.9 Å². The number of hydrogen-bond acceptors (Lipinski definition) is 3. The minimum Gasteiger partial charge on any atom is -0.368 e. The molecule has 0 saturated carbocycles. The number of nitrogens with zero attached hydrogens (tertiary/aromatic N) is 2. The molecule has 136 valence electrons. The summed E-state index contributed by atoms with van der Waals surface area (Å²) in [6, 6.07) is 14.2. The Morgan fingerprint density at radius 3 is 2.46 bits per heavy atom. The molecule has 2 aliphatic heterocycles. The molecule has 0 aromatic heterocycles. The Morgan fingerprint density at radius 2 is 1.69 bits per heavy atom. The van der Waals surface area contributed by atoms with Crippen molar-refractivity contribution in [3.63, 3.8) is 0 Å². The summed E-state index contributed by atoms with van der Waals surface area (Å²) in [4.78, 5) is 28.9. The highest BCUT2D eigenvalue weighted by Crippen LogP contribution is 2.20. The number of fused-ring (bicyclic) bond motifs is 1. The zero-order chi connectivity index (χ0) is 17.9. The van der Waals surface area contributed by atoms with Crippen LogP contribution in [0.4, 0.5) is 0 Å². The summed E-state index contributed by atoms with van der Waals surface area (Å²) in [7, 11) is 0. The number of piperazine rings is 1. The Labute approximate surface area is 153 Å². The summed E-state index contributed by atoms with van der Waals surface area (Å²) in [6.07, 6.45) is 1.91. The molecule has 2 heterocycles. The van der Waals surface area contributed by atoms with Crippen LogP contribution >= 0.6 is 0 Å². The fourth-order valence-corrected chi connectivity index (χ4v) is 3.87. The van der Waals surface area contributed by atoms with Gasteiger partial charge in [-0.05, 0) is 29.2 Å². The highest BCUT2D eigenvalue weighted by Gasteiger charge is 2.31. The summed E-state index contributed by atoms with van der Waals surface area (Å²) >= 11 is 0. The van der Waals surface area contributed by atoms with Crippen LogP contribution in [0, 0.1) is 0 Å². The number of hydrogen-bond donors (Lipinski definition) is 0. The van der Waals surface area contributed by atoms with Crippen LogP contribution in [-0.2, 0) is 20.7 Å². The second-order valence-electron chi connectivity index (χ2n) is 7.02. The maximum Gasteiger partial charge on any atom is 0.251 e. The predicted octanol–water partition coefficient (Wildman–Crippen LogP) is 2.23. The predicted molar refractivity (Wildman–Crippen MR) is 99.8 cm³/mol. The van der Waals surface area contributed by atoms with Gasteiger partial charge in [-0.2, -0.15) is 0 Å². The van der Waals surface area contributed by atoms with E-state index in [0.717, 1.165) is 29.2 Å². The van der Waals surface area contributed by atoms with E-state index in [1.165, 1.54) is 0 Å². The van der Waals surface area contributed by atoms with E-state index < -0.39 is 0 Å². The van der Waals surface area contributed by atoms with Crippen LogP contribution in [0.15, 0.2) is 42.5 Å². The van der Waals surface area contributed by atoms with E-state index in [2.05, 4.69) is 18.2 Å². The highest BCUT2D eigenvalue weighted by molar-refractivity contribution is 5.90. The molecular formula is C21H24N2O3. The van der Waals surface area contributed by atoms with Gasteiger partial charge in [0.15, 0.2) is 0 Å². The molecule has 0 aliphatic carbocycles. The van der Waals surface area contributed by atoms with E-state index in [0.29, 0.717) is 39.2 Å². The van der Waals surface area contributed by atoms with Gasteiger partial charge in [0.25, 0.3) is 5.91 Å². The molecule has 5 nitrogen and oxygen atoms in total. The quantitative estimate of drug-likeness (QED) is 0.851. The minimum absolute atomic E-state index is 0.0867. The summed E-state index contributed by atoms with van der Waals surface area (Å²) < 4.78 is 5.49. The van der Waals surface area contributed by atoms with E-state index in [9.17, 15) is 9.59 Å². The number of amides is 2. The number of rotatable bonds is 3. The molecule has 2 aromatic rings. The first kappa shape index (κ1) is 17.0. The van der Waals surface area contributed by atoms with Crippen molar-refractivity contribution in [1.29, 1.82) is 0 Å². The lowest BCUT2D eigenvalue weighted by Gasteiger charge is -2.35. The van der Waals surface area contributed by atoms with Crippen LogP contribution < -0.4 is 0 Å². The van der Waals surface area contributed by atoms with Gasteiger partial charge in [0.2, 0.25) is 5.91 Å². The maximum atomic E-state index is 12.7. The molecule has 5 heteroatoms. The van der Waals surface area contributed by atoms with Gasteiger partial charge in [0, 0.05) is 32.8 Å². The van der Waals surface area contributed by atoms with Crippen molar-refractivity contribution in [3.05, 3.63) is 48.0 Å². The van der Waals surface area contributed by atoms with Crippen molar-refractivity contribution in [2.75, 3.05) is 32.8 Å². The summed E-state index contributed by atoms with van der Waals surface area (Å²) in [5.41, 5.74) is 1.06. The van der Waals surface area contributed by atoms with Crippen LogP contribution in [0.1, 0.15) is 18.4 Å². The molecule has 4 rings (SSSR count). The number of benzene rings is 2. The summed E-state index contributed by atoms with van der Waals surface area (Å²) in [5.74, 6) is 0.217. The Morgan fingerprint density at radius 1 is 0.962 bits per heavy atom. The molecule has 2 aliphatic rings. The Hall–Kier alpha value is -2.40. The largest absolute Gasteiger partial charge is 0.368 e. The molecule has 0 unspecified atom stereocenters. The monoisotopic (exact) mass is 352 g/mol. The van der Waals surface area contributed by atoms with Crippen LogP contribution in [-0.4, -0.2) is 60.5 Å². The minimum atomic E-state index is -0.270. The van der Waals surface area contributed by atoms with E-state index in [1.807, 2.05) is 34.1 Å². The van der Waals surface area contributed by atoms with Gasteiger partial charge in [-0.15, -0.1) is 0 Å². The lowest BCUT2D eigenvalue weighted by molar-refractivity contribution is -0.145. The van der Waals surface area contributed by atoms with Crippen LogP contribution in [0.25, 0.3) is 10.8 Å². The average molecular weight is 352 g/mol. The third-order valence-electron chi connectivity index (χ3n) is 5.37. The van der Waals surface area contributed by atoms with Crippen molar-refractivity contribution in [3.8, 4) is 0 Å². The first-order valence-electron chi connectivity index (χ1n) is 9.37. The van der Waals surface area contributed by atoms with Gasteiger partial charge < -0.3 is 14.5 Å². The van der Waals surface area contributed by atoms with Gasteiger partial charge in [-0.25, -0.2) is 0 Å². The summed E-state index contributed by atoms with van der Waals surface area (Å²) in [6.45, 7) is 3.07. The van der Waals surface area contributed by atoms with Crippen LogP contribution in [0.5, 0.6) is 0 Å². The lowest BCUT2D eigenvalue weighted by atomic mass is 10.0. The first-order valence-corrected chi connectivity index (χ1v) is 9.37. The molecule has 26 heavy (non-hydrogen) atoms. The Bertz CT molecular complexity index is 801. The molecule has 0 spiro atoms. The van der Waals surface area contributed by atoms with Crippen molar-refractivity contribution >= 4 is 22.6 Å². The number of ether oxygens (including phenoxy) is 1. The molecular weight excluding hydrogens is 328 g/mol. The smallest absolute Gasteiger partial charge is 0.251 e. The third kappa shape index (κ3) is 3.44. The van der Waals surface area contributed by atoms with Gasteiger partial charge in [-0.1, -0.05) is 42.5 Å². The number of carbonyl (C=O) groups excluding carboxylic acids is 2. The Balaban J connectivity index is 1.37. The Kier molecular flexibility index (Phi) is 4.89. The third-order valence-corrected chi connectivity index (χ3v) is 5.37. The zero-order valence-corrected chi connectivity index (χ0v) is 14.9. The van der Waals surface area contributed by atoms with Crippen molar-refractivity contribution in [1.82, 2.24) is 9.80 Å². The molecule has 1 atom stereocenters. The van der Waals surface area contributed by atoms with Gasteiger partial charge in [-0.3, -0.25) is 9.59 Å². The molecule has 2 fully saturated rings. The standard InChI is InChI=1S/C21H24N2O3/c24-20(15-17-7-3-6-16-5-1-2-8-18(16)17)22-10-12-23(13-11-22)21(25)19-9-4-14-26-19/h1-3,5-8,19H,4,9-15H2/t19-/m0/s1. The first-order chi connectivity index (χ1) is 12.7. The molecule has 0 N–H and O–H groups in total. The van der Waals surface area contributed by atoms with Crippen molar-refractivity contribution < 1.29 is 14.3 Å². The summed E-state index contributed by atoms with van der Waals surface area (Å²) in [5, 5.41) is 2.29. The average Bonchev–Trinajstić information content (AvgIpc) is 3.23. The zero-order valence-electron chi connectivity index (χ0n) is 14.9. The van der Waals surface area contributed by atoms with Gasteiger partial charge in [0.05, 0.1) is 6.42 Å². The molecule has 0 radical (unpaired) electrons. The SMILES string of the molecule is O=C(Cc1cccc2ccccc12)N1CCN(C(=O)[C@@H]2CCCO2)CC1. The lowest BCUT2D eigenvalue weighted by Crippen LogP contribution is -2.53. The molecule has 2 aromatic carbocycles. The maximum absolute atomic E-state index is 12.7. The van der Waals surface area contributed by atoms with Gasteiger partial charge >= 0.3 is 0 Å². The fourth-order valence-electron chi connectivity index (χ4n) is 3.87. The molecule has 0 bridgehead atoms. The fraction of sp³-hybridized carbons (Fsp3) is 0.429. The highest BCUT2D eigenvalue weighted by atomic mass is 16.5. The van der Waals surface area contributed by atoms with Crippen LogP contribution in [0.2, 0.25) is 0 Å². The second kappa shape index (κ2) is 7.46. The molecule has 2 saturated heterocycles. The normalized spacial score (nSPS) is 20.5. The van der Waals surface area contributed by atoms with E-state index in [1.54, 1.807) is 0 Å². The van der Waals surface area contributed by atoms with E-state index in [4.69, 9.17) is 4.74 Å². The topological polar surface area (TPSA) is 49.9 Å². The van der Waals surface area contributed by atoms with E-state index >= 15 is 0 Å².